The van der Waals surface area contributed by atoms with Crippen LogP contribution in [0.15, 0.2) is 0 Å². The maximum absolute atomic E-state index is 9.97. The third kappa shape index (κ3) is 3.81. The highest BCUT2D eigenvalue weighted by atomic mass is 16.3. The topological polar surface area (TPSA) is 91.4 Å². The average Bonchev–Trinajstić information content (AvgIpc) is 2.57. The molecule has 1 heterocycles. The van der Waals surface area contributed by atoms with Gasteiger partial charge in [-0.05, 0) is 33.6 Å². The number of nitrogens with zero attached hydrogens (tertiary/aromatic N) is 3. The van der Waals surface area contributed by atoms with E-state index in [9.17, 15) is 10.2 Å². The number of hydrogen-bond acceptors (Lipinski definition) is 5. The molecule has 0 aliphatic heterocycles. The van der Waals surface area contributed by atoms with Gasteiger partial charge < -0.3 is 15.3 Å². The van der Waals surface area contributed by atoms with Gasteiger partial charge in [-0.2, -0.15) is 0 Å². The summed E-state index contributed by atoms with van der Waals surface area (Å²) >= 11 is 0. The molecule has 1 rings (SSSR count). The predicted octanol–water partition coefficient (Wildman–Crippen LogP) is -0.380. The van der Waals surface area contributed by atoms with E-state index in [0.717, 1.165) is 0 Å². The van der Waals surface area contributed by atoms with Crippen LogP contribution in [-0.2, 0) is 12.1 Å². The highest BCUT2D eigenvalue weighted by Gasteiger charge is 2.25. The third-order valence-electron chi connectivity index (χ3n) is 2.11. The maximum Gasteiger partial charge on any atom is 0.137 e. The lowest BCUT2D eigenvalue weighted by molar-refractivity contribution is 0.0733. The maximum atomic E-state index is 9.97. The molecule has 0 aromatic carbocycles. The van der Waals surface area contributed by atoms with Crippen LogP contribution in [-0.4, -0.2) is 42.5 Å². The number of rotatable bonds is 3. The summed E-state index contributed by atoms with van der Waals surface area (Å²) in [6.45, 7) is 6.41. The second-order valence-corrected chi connectivity index (χ2v) is 5.10. The van der Waals surface area contributed by atoms with Gasteiger partial charge in [0.05, 0.1) is 13.2 Å². The molecule has 0 aliphatic rings. The van der Waals surface area contributed by atoms with Crippen molar-refractivity contribution in [3.63, 3.8) is 0 Å². The van der Waals surface area contributed by atoms with Crippen molar-refractivity contribution < 1.29 is 15.3 Å². The first-order valence-corrected chi connectivity index (χ1v) is 5.68. The van der Waals surface area contributed by atoms with Gasteiger partial charge >= 0.3 is 0 Å². The van der Waals surface area contributed by atoms with E-state index in [4.69, 9.17) is 5.11 Å². The average molecular weight is 253 g/mol. The van der Waals surface area contributed by atoms with E-state index in [-0.39, 0.29) is 13.2 Å². The van der Waals surface area contributed by atoms with E-state index in [1.54, 1.807) is 27.7 Å². The fraction of sp³-hybridized carbons (Fsp3) is 0.667. The van der Waals surface area contributed by atoms with E-state index in [1.165, 1.54) is 4.68 Å². The van der Waals surface area contributed by atoms with E-state index in [2.05, 4.69) is 22.2 Å². The van der Waals surface area contributed by atoms with Gasteiger partial charge in [0, 0.05) is 0 Å². The molecule has 0 aliphatic carbocycles. The summed E-state index contributed by atoms with van der Waals surface area (Å²) in [5.74, 6) is 5.41. The lowest BCUT2D eigenvalue weighted by Crippen LogP contribution is -2.19. The van der Waals surface area contributed by atoms with Gasteiger partial charge in [-0.15, -0.1) is 5.10 Å². The Morgan fingerprint density at radius 2 is 1.83 bits per heavy atom. The third-order valence-corrected chi connectivity index (χ3v) is 2.11. The fourth-order valence-electron chi connectivity index (χ4n) is 1.31. The number of aliphatic hydroxyl groups excluding tert-OH is 1. The van der Waals surface area contributed by atoms with Gasteiger partial charge in [-0.25, -0.2) is 4.68 Å². The standard InChI is InChI=1S/C12H19N3O3/c1-11(2,17)6-5-9-10(12(3,4)18)13-14-15(9)7-8-16/h16-18H,7-8H2,1-4H3. The largest absolute Gasteiger partial charge is 0.394 e. The minimum Gasteiger partial charge on any atom is -0.394 e. The van der Waals surface area contributed by atoms with Gasteiger partial charge in [-0.1, -0.05) is 11.1 Å². The van der Waals surface area contributed by atoms with Crippen LogP contribution in [0.3, 0.4) is 0 Å². The molecule has 1 aromatic heterocycles. The zero-order valence-corrected chi connectivity index (χ0v) is 11.1. The Morgan fingerprint density at radius 3 is 2.28 bits per heavy atom. The van der Waals surface area contributed by atoms with Crippen LogP contribution < -0.4 is 0 Å². The molecule has 0 radical (unpaired) electrons. The molecule has 100 valence electrons. The van der Waals surface area contributed by atoms with E-state index >= 15 is 0 Å². The van der Waals surface area contributed by atoms with Gasteiger partial charge in [0.25, 0.3) is 0 Å². The van der Waals surface area contributed by atoms with Crippen molar-refractivity contribution in [1.29, 1.82) is 0 Å². The second-order valence-electron chi connectivity index (χ2n) is 5.10. The highest BCUT2D eigenvalue weighted by Crippen LogP contribution is 2.20. The lowest BCUT2D eigenvalue weighted by Gasteiger charge is -2.14. The lowest BCUT2D eigenvalue weighted by atomic mass is 10.0. The van der Waals surface area contributed by atoms with E-state index in [1.807, 2.05) is 0 Å². The van der Waals surface area contributed by atoms with Crippen LogP contribution in [0.4, 0.5) is 0 Å². The van der Waals surface area contributed by atoms with Gasteiger partial charge in [-0.3, -0.25) is 0 Å². The van der Waals surface area contributed by atoms with Crippen LogP contribution in [0.2, 0.25) is 0 Å². The molecular weight excluding hydrogens is 234 g/mol. The number of hydrogen-bond donors (Lipinski definition) is 3. The summed E-state index contributed by atoms with van der Waals surface area (Å²) in [4.78, 5) is 0. The van der Waals surface area contributed by atoms with Crippen molar-refractivity contribution in [2.24, 2.45) is 0 Å². The van der Waals surface area contributed by atoms with E-state index < -0.39 is 11.2 Å². The van der Waals surface area contributed by atoms with Crippen LogP contribution in [0, 0.1) is 11.8 Å². The second kappa shape index (κ2) is 5.06. The quantitative estimate of drug-likeness (QED) is 0.639. The van der Waals surface area contributed by atoms with Crippen LogP contribution >= 0.6 is 0 Å². The molecule has 0 bridgehead atoms. The monoisotopic (exact) mass is 253 g/mol. The molecule has 0 fully saturated rings. The molecule has 3 N–H and O–H groups in total. The molecule has 1 aromatic rings. The summed E-state index contributed by atoms with van der Waals surface area (Å²) in [7, 11) is 0. The Morgan fingerprint density at radius 1 is 1.22 bits per heavy atom. The smallest absolute Gasteiger partial charge is 0.137 e. The van der Waals surface area contributed by atoms with Gasteiger partial charge in [0.2, 0.25) is 0 Å². The Hall–Kier alpha value is -1.42. The molecule has 0 saturated carbocycles. The number of aliphatic hydroxyl groups is 3. The first-order chi connectivity index (χ1) is 8.15. The number of aromatic nitrogens is 3. The van der Waals surface area contributed by atoms with Crippen molar-refractivity contribution in [2.45, 2.75) is 45.4 Å². The molecule has 0 atom stereocenters. The minimum absolute atomic E-state index is 0.105. The molecular formula is C12H19N3O3. The molecule has 0 unspecified atom stereocenters. The molecule has 18 heavy (non-hydrogen) atoms. The van der Waals surface area contributed by atoms with Crippen molar-refractivity contribution in [2.75, 3.05) is 6.61 Å². The van der Waals surface area contributed by atoms with E-state index in [0.29, 0.717) is 11.4 Å². The Balaban J connectivity index is 3.27. The Bertz CT molecular complexity index is 469. The highest BCUT2D eigenvalue weighted by molar-refractivity contribution is 5.36. The summed E-state index contributed by atoms with van der Waals surface area (Å²) in [6.07, 6.45) is 0. The zero-order chi connectivity index (χ0) is 14.0. The van der Waals surface area contributed by atoms with Crippen LogP contribution in [0.25, 0.3) is 0 Å². The summed E-state index contributed by atoms with van der Waals surface area (Å²) in [5.41, 5.74) is -1.60. The fourth-order valence-corrected chi connectivity index (χ4v) is 1.31. The minimum atomic E-state index is -1.18. The normalized spacial score (nSPS) is 12.2. The molecule has 0 saturated heterocycles. The van der Waals surface area contributed by atoms with Crippen molar-refractivity contribution in [3.8, 4) is 11.8 Å². The Kier molecular flexibility index (Phi) is 4.12. The first-order valence-electron chi connectivity index (χ1n) is 5.68. The molecule has 0 spiro atoms. The van der Waals surface area contributed by atoms with Crippen LogP contribution in [0.1, 0.15) is 39.1 Å². The molecule has 6 nitrogen and oxygen atoms in total. The first kappa shape index (κ1) is 14.6. The van der Waals surface area contributed by atoms with Crippen molar-refractivity contribution >= 4 is 0 Å². The van der Waals surface area contributed by atoms with Gasteiger partial charge in [0.1, 0.15) is 22.6 Å². The summed E-state index contributed by atoms with van der Waals surface area (Å²) in [6, 6.07) is 0. The van der Waals surface area contributed by atoms with Gasteiger partial charge in [0.15, 0.2) is 0 Å². The predicted molar refractivity (Wildman–Crippen MR) is 65.5 cm³/mol. The van der Waals surface area contributed by atoms with Crippen LogP contribution in [0.5, 0.6) is 0 Å². The summed E-state index contributed by atoms with van der Waals surface area (Å²) < 4.78 is 1.41. The zero-order valence-electron chi connectivity index (χ0n) is 11.1. The molecule has 6 heteroatoms. The van der Waals surface area contributed by atoms with Crippen molar-refractivity contribution in [3.05, 3.63) is 11.4 Å². The molecule has 0 amide bonds. The Labute approximate surface area is 106 Å². The SMILES string of the molecule is CC(C)(O)C#Cc1c(C(C)(C)O)nnn1CCO. The van der Waals surface area contributed by atoms with Crippen molar-refractivity contribution in [1.82, 2.24) is 15.0 Å². The summed E-state index contributed by atoms with van der Waals surface area (Å²) in [5, 5.41) is 36.2.